The molecule has 0 aliphatic heterocycles. The van der Waals surface area contributed by atoms with E-state index in [-0.39, 0.29) is 11.7 Å². The van der Waals surface area contributed by atoms with E-state index in [1.165, 1.54) is 18.2 Å². The Balaban J connectivity index is 2.73. The molecule has 0 aliphatic rings. The van der Waals surface area contributed by atoms with Gasteiger partial charge < -0.3 is 4.74 Å². The number of carbonyl (C=O) groups is 1. The zero-order valence-corrected chi connectivity index (χ0v) is 11.1. The molecular weight excluding hydrogens is 239 g/mol. The second kappa shape index (κ2) is 6.05. The van der Waals surface area contributed by atoms with E-state index in [1.807, 2.05) is 13.8 Å². The number of thiol groups is 1. The summed E-state index contributed by atoms with van der Waals surface area (Å²) in [5.74, 6) is -0.782. The lowest BCUT2D eigenvalue weighted by Crippen LogP contribution is -2.17. The first kappa shape index (κ1) is 14.0. The molecule has 0 amide bonds. The van der Waals surface area contributed by atoms with Gasteiger partial charge in [0.25, 0.3) is 0 Å². The lowest BCUT2D eigenvalue weighted by Gasteiger charge is -2.15. The van der Waals surface area contributed by atoms with Crippen LogP contribution in [0.4, 0.5) is 4.39 Å². The molecule has 1 atom stereocenters. The van der Waals surface area contributed by atoms with Crippen LogP contribution >= 0.6 is 12.6 Å². The van der Waals surface area contributed by atoms with Gasteiger partial charge >= 0.3 is 5.97 Å². The van der Waals surface area contributed by atoms with Crippen LogP contribution in [-0.2, 0) is 4.74 Å². The molecule has 0 fully saturated rings. The highest BCUT2D eigenvalue weighted by Crippen LogP contribution is 2.16. The van der Waals surface area contributed by atoms with Crippen molar-refractivity contribution in [1.82, 2.24) is 0 Å². The van der Waals surface area contributed by atoms with Crippen LogP contribution in [0.3, 0.4) is 0 Å². The smallest absolute Gasteiger partial charge is 0.341 e. The Bertz CT molecular complexity index is 404. The molecule has 4 heteroatoms. The minimum absolute atomic E-state index is 0.0619. The van der Waals surface area contributed by atoms with Crippen molar-refractivity contribution in [1.29, 1.82) is 0 Å². The van der Waals surface area contributed by atoms with Gasteiger partial charge in [-0.1, -0.05) is 13.8 Å². The largest absolute Gasteiger partial charge is 0.459 e. The van der Waals surface area contributed by atoms with Crippen molar-refractivity contribution in [3.63, 3.8) is 0 Å². The predicted molar refractivity (Wildman–Crippen MR) is 68.0 cm³/mol. The fraction of sp³-hybridized carbons (Fsp3) is 0.462. The summed E-state index contributed by atoms with van der Waals surface area (Å²) in [6.07, 6.45) is 0.541. The van der Waals surface area contributed by atoms with Gasteiger partial charge in [-0.3, -0.25) is 0 Å². The average molecular weight is 256 g/mol. The SMILES string of the molecule is CC(C)CC(C)OC(=O)c1cc(S)ccc1F. The monoisotopic (exact) mass is 256 g/mol. The van der Waals surface area contributed by atoms with Gasteiger partial charge in [0.1, 0.15) is 5.82 Å². The topological polar surface area (TPSA) is 26.3 Å². The quantitative estimate of drug-likeness (QED) is 0.656. The summed E-state index contributed by atoms with van der Waals surface area (Å²) in [4.78, 5) is 12.3. The molecule has 0 spiro atoms. The minimum atomic E-state index is -0.633. The van der Waals surface area contributed by atoms with E-state index >= 15 is 0 Å². The molecule has 0 radical (unpaired) electrons. The van der Waals surface area contributed by atoms with Gasteiger partial charge in [-0.05, 0) is 37.5 Å². The molecule has 17 heavy (non-hydrogen) atoms. The van der Waals surface area contributed by atoms with Gasteiger partial charge in [-0.2, -0.15) is 0 Å². The highest BCUT2D eigenvalue weighted by atomic mass is 32.1. The number of benzene rings is 1. The van der Waals surface area contributed by atoms with E-state index in [0.717, 1.165) is 6.42 Å². The maximum absolute atomic E-state index is 13.4. The normalized spacial score (nSPS) is 12.6. The Morgan fingerprint density at radius 2 is 2.06 bits per heavy atom. The lowest BCUT2D eigenvalue weighted by molar-refractivity contribution is 0.0294. The molecule has 1 unspecified atom stereocenters. The van der Waals surface area contributed by atoms with Crippen molar-refractivity contribution in [2.24, 2.45) is 5.92 Å². The van der Waals surface area contributed by atoms with Gasteiger partial charge in [0.2, 0.25) is 0 Å². The van der Waals surface area contributed by atoms with Gasteiger partial charge in [0, 0.05) is 4.90 Å². The number of carbonyl (C=O) groups excluding carboxylic acids is 1. The Morgan fingerprint density at radius 1 is 1.41 bits per heavy atom. The zero-order chi connectivity index (χ0) is 13.0. The molecule has 0 saturated heterocycles. The van der Waals surface area contributed by atoms with Crippen molar-refractivity contribution in [2.45, 2.75) is 38.2 Å². The van der Waals surface area contributed by atoms with Gasteiger partial charge in [-0.15, -0.1) is 12.6 Å². The molecule has 1 aromatic carbocycles. The van der Waals surface area contributed by atoms with E-state index in [2.05, 4.69) is 12.6 Å². The van der Waals surface area contributed by atoms with E-state index in [1.54, 1.807) is 6.92 Å². The Hall–Kier alpha value is -1.03. The fourth-order valence-corrected chi connectivity index (χ4v) is 1.83. The third-order valence-electron chi connectivity index (χ3n) is 2.28. The van der Waals surface area contributed by atoms with Crippen LogP contribution in [0.15, 0.2) is 23.1 Å². The highest BCUT2D eigenvalue weighted by molar-refractivity contribution is 7.80. The van der Waals surface area contributed by atoms with Crippen LogP contribution in [0.1, 0.15) is 37.6 Å². The number of ether oxygens (including phenoxy) is 1. The maximum atomic E-state index is 13.4. The average Bonchev–Trinajstić information content (AvgIpc) is 2.20. The van der Waals surface area contributed by atoms with Gasteiger partial charge in [0.05, 0.1) is 11.7 Å². The van der Waals surface area contributed by atoms with Crippen molar-refractivity contribution in [3.05, 3.63) is 29.6 Å². The Labute approximate surface area is 107 Å². The zero-order valence-electron chi connectivity index (χ0n) is 10.2. The summed E-state index contributed by atoms with van der Waals surface area (Å²) in [6.45, 7) is 5.89. The number of rotatable bonds is 4. The van der Waals surface area contributed by atoms with Crippen LogP contribution < -0.4 is 0 Å². The molecule has 2 nitrogen and oxygen atoms in total. The van der Waals surface area contributed by atoms with E-state index in [9.17, 15) is 9.18 Å². The minimum Gasteiger partial charge on any atom is -0.459 e. The summed E-state index contributed by atoms with van der Waals surface area (Å²) < 4.78 is 18.6. The maximum Gasteiger partial charge on any atom is 0.341 e. The molecular formula is C13H17FO2S. The van der Waals surface area contributed by atoms with Crippen LogP contribution in [0.2, 0.25) is 0 Å². The summed E-state index contributed by atoms with van der Waals surface area (Å²) in [6, 6.07) is 4.09. The lowest BCUT2D eigenvalue weighted by atomic mass is 10.1. The van der Waals surface area contributed by atoms with Crippen molar-refractivity contribution in [2.75, 3.05) is 0 Å². The molecule has 1 aromatic rings. The standard InChI is InChI=1S/C13H17FO2S/c1-8(2)6-9(3)16-13(15)11-7-10(17)4-5-12(11)14/h4-5,7-9,17H,6H2,1-3H3. The molecule has 94 valence electrons. The van der Waals surface area contributed by atoms with Gasteiger partial charge in [0.15, 0.2) is 0 Å². The molecule has 0 aliphatic carbocycles. The Morgan fingerprint density at radius 3 is 2.65 bits per heavy atom. The van der Waals surface area contributed by atoms with Crippen molar-refractivity contribution in [3.8, 4) is 0 Å². The number of hydrogen-bond donors (Lipinski definition) is 1. The number of esters is 1. The summed E-state index contributed by atoms with van der Waals surface area (Å²) in [7, 11) is 0. The molecule has 1 rings (SSSR count). The molecule has 0 heterocycles. The summed E-state index contributed by atoms with van der Waals surface area (Å²) in [5, 5.41) is 0. The Kier molecular flexibility index (Phi) is 5.00. The second-order valence-electron chi connectivity index (χ2n) is 4.51. The second-order valence-corrected chi connectivity index (χ2v) is 5.03. The summed E-state index contributed by atoms with van der Waals surface area (Å²) >= 11 is 4.07. The number of halogens is 1. The molecule has 0 saturated carbocycles. The van der Waals surface area contributed by atoms with E-state index < -0.39 is 11.8 Å². The highest BCUT2D eigenvalue weighted by Gasteiger charge is 2.17. The van der Waals surface area contributed by atoms with Crippen LogP contribution in [0.25, 0.3) is 0 Å². The molecule has 0 N–H and O–H groups in total. The third-order valence-corrected chi connectivity index (χ3v) is 2.56. The molecule has 0 aromatic heterocycles. The van der Waals surface area contributed by atoms with Crippen molar-refractivity contribution >= 4 is 18.6 Å². The third kappa shape index (κ3) is 4.38. The van der Waals surface area contributed by atoms with Crippen LogP contribution in [0, 0.1) is 11.7 Å². The van der Waals surface area contributed by atoms with Crippen LogP contribution in [0.5, 0.6) is 0 Å². The van der Waals surface area contributed by atoms with E-state index in [0.29, 0.717) is 10.8 Å². The number of hydrogen-bond acceptors (Lipinski definition) is 3. The molecule has 0 bridgehead atoms. The predicted octanol–water partition coefficient (Wildman–Crippen LogP) is 3.71. The fourth-order valence-electron chi connectivity index (χ4n) is 1.63. The summed E-state index contributed by atoms with van der Waals surface area (Å²) in [5.41, 5.74) is -0.0619. The first-order chi connectivity index (χ1) is 7.90. The van der Waals surface area contributed by atoms with E-state index in [4.69, 9.17) is 4.74 Å². The van der Waals surface area contributed by atoms with Crippen LogP contribution in [-0.4, -0.2) is 12.1 Å². The first-order valence-electron chi connectivity index (χ1n) is 5.59. The van der Waals surface area contributed by atoms with Gasteiger partial charge in [-0.25, -0.2) is 9.18 Å². The van der Waals surface area contributed by atoms with Crippen molar-refractivity contribution < 1.29 is 13.9 Å². The first-order valence-corrected chi connectivity index (χ1v) is 6.04.